The Labute approximate surface area is 134 Å². The first-order chi connectivity index (χ1) is 11.0. The molecule has 0 atom stereocenters. The van der Waals surface area contributed by atoms with Gasteiger partial charge in [0.2, 0.25) is 0 Å². The van der Waals surface area contributed by atoms with Crippen LogP contribution >= 0.6 is 0 Å². The minimum atomic E-state index is -0.749. The minimum absolute atomic E-state index is 0.0168. The van der Waals surface area contributed by atoms with E-state index in [4.69, 9.17) is 4.74 Å². The van der Waals surface area contributed by atoms with Gasteiger partial charge in [-0.25, -0.2) is 5.43 Å². The van der Waals surface area contributed by atoms with E-state index in [1.54, 1.807) is 17.0 Å². The van der Waals surface area contributed by atoms with Crippen LogP contribution < -0.4 is 10.2 Å². The number of benzene rings is 1. The summed E-state index contributed by atoms with van der Waals surface area (Å²) in [6.45, 7) is 3.34. The van der Waals surface area contributed by atoms with Crippen LogP contribution in [0.4, 0.5) is 0 Å². The van der Waals surface area contributed by atoms with Crippen molar-refractivity contribution in [3.8, 4) is 11.5 Å². The zero-order valence-corrected chi connectivity index (χ0v) is 13.3. The maximum atomic E-state index is 12.0. The normalized spacial score (nSPS) is 15.7. The summed E-state index contributed by atoms with van der Waals surface area (Å²) in [5, 5.41) is 13.3. The molecule has 0 bridgehead atoms. The second-order valence-electron chi connectivity index (χ2n) is 5.61. The molecule has 7 heteroatoms. The molecule has 0 radical (unpaired) electrons. The highest BCUT2D eigenvalue weighted by Crippen LogP contribution is 2.25. The van der Waals surface area contributed by atoms with Gasteiger partial charge in [0.15, 0.2) is 11.5 Å². The number of carbonyl (C=O) groups excluding carboxylic acids is 2. The Balaban J connectivity index is 1.89. The maximum Gasteiger partial charge on any atom is 0.329 e. The molecule has 1 aromatic rings. The van der Waals surface area contributed by atoms with E-state index in [0.29, 0.717) is 30.3 Å². The number of likely N-dealkylation sites (tertiary alicyclic amines) is 1. The van der Waals surface area contributed by atoms with Crippen LogP contribution in [0.25, 0.3) is 0 Å². The second-order valence-corrected chi connectivity index (χ2v) is 5.61. The van der Waals surface area contributed by atoms with Gasteiger partial charge in [0.1, 0.15) is 0 Å². The molecule has 0 spiro atoms. The topological polar surface area (TPSA) is 91.2 Å². The minimum Gasteiger partial charge on any atom is -0.504 e. The molecule has 2 amide bonds. The van der Waals surface area contributed by atoms with E-state index in [-0.39, 0.29) is 5.75 Å². The van der Waals surface area contributed by atoms with Crippen molar-refractivity contribution in [3.05, 3.63) is 23.8 Å². The highest BCUT2D eigenvalue weighted by atomic mass is 16.5. The lowest BCUT2D eigenvalue weighted by atomic mass is 9.99. The summed E-state index contributed by atoms with van der Waals surface area (Å²) in [4.78, 5) is 25.3. The number of hydrogen-bond acceptors (Lipinski definition) is 5. The molecule has 7 nitrogen and oxygen atoms in total. The molecule has 0 aromatic heterocycles. The van der Waals surface area contributed by atoms with Crippen LogP contribution in [0.5, 0.6) is 11.5 Å². The molecule has 1 aromatic carbocycles. The van der Waals surface area contributed by atoms with Crippen LogP contribution in [0.15, 0.2) is 23.3 Å². The fourth-order valence-electron chi connectivity index (χ4n) is 2.34. The smallest absolute Gasteiger partial charge is 0.329 e. The highest BCUT2D eigenvalue weighted by Gasteiger charge is 2.25. The second kappa shape index (κ2) is 7.62. The van der Waals surface area contributed by atoms with E-state index >= 15 is 0 Å². The quantitative estimate of drug-likeness (QED) is 0.496. The summed E-state index contributed by atoms with van der Waals surface area (Å²) in [6, 6.07) is 4.64. The molecule has 2 rings (SSSR count). The Morgan fingerprint density at radius 1 is 1.39 bits per heavy atom. The van der Waals surface area contributed by atoms with Crippen molar-refractivity contribution in [2.45, 2.75) is 19.8 Å². The Bertz CT molecular complexity index is 607. The lowest BCUT2D eigenvalue weighted by Crippen LogP contribution is -2.45. The third-order valence-electron chi connectivity index (χ3n) is 3.85. The van der Waals surface area contributed by atoms with Crippen molar-refractivity contribution in [2.75, 3.05) is 20.2 Å². The average Bonchev–Trinajstić information content (AvgIpc) is 2.56. The molecular formula is C16H21N3O4. The molecule has 23 heavy (non-hydrogen) atoms. The number of phenols is 1. The number of amides is 2. The highest BCUT2D eigenvalue weighted by molar-refractivity contribution is 6.35. The number of carbonyl (C=O) groups is 2. The van der Waals surface area contributed by atoms with Gasteiger partial charge >= 0.3 is 11.8 Å². The van der Waals surface area contributed by atoms with Crippen LogP contribution in [0, 0.1) is 5.92 Å². The number of phenolic OH excluding ortho intramolecular Hbond substituents is 1. The standard InChI is InChI=1S/C16H21N3O4/c1-11-5-7-19(8-6-11)16(22)15(21)18-17-10-12-3-4-13(20)14(9-12)23-2/h3-4,9-11,20H,5-8H2,1-2H3,(H,18,21)/b17-10-. The predicted molar refractivity (Wildman–Crippen MR) is 85.4 cm³/mol. The summed E-state index contributed by atoms with van der Waals surface area (Å²) in [7, 11) is 1.44. The van der Waals surface area contributed by atoms with Gasteiger partial charge in [-0.05, 0) is 42.5 Å². The van der Waals surface area contributed by atoms with Gasteiger partial charge in [0.25, 0.3) is 0 Å². The molecule has 0 aliphatic carbocycles. The molecule has 2 N–H and O–H groups in total. The summed E-state index contributed by atoms with van der Waals surface area (Å²) >= 11 is 0. The first kappa shape index (κ1) is 16.8. The van der Waals surface area contributed by atoms with E-state index in [9.17, 15) is 14.7 Å². The average molecular weight is 319 g/mol. The van der Waals surface area contributed by atoms with Gasteiger partial charge in [0, 0.05) is 13.1 Å². The van der Waals surface area contributed by atoms with Crippen molar-refractivity contribution in [3.63, 3.8) is 0 Å². The molecule has 1 aliphatic rings. The number of hydrogen-bond donors (Lipinski definition) is 2. The van der Waals surface area contributed by atoms with Crippen molar-refractivity contribution in [1.82, 2.24) is 10.3 Å². The first-order valence-electron chi connectivity index (χ1n) is 7.50. The van der Waals surface area contributed by atoms with Crippen LogP contribution in [0.3, 0.4) is 0 Å². The molecule has 1 saturated heterocycles. The Morgan fingerprint density at radius 2 is 2.09 bits per heavy atom. The van der Waals surface area contributed by atoms with Crippen LogP contribution in [-0.4, -0.2) is 48.2 Å². The SMILES string of the molecule is COc1cc(/C=N\NC(=O)C(=O)N2CCC(C)CC2)ccc1O. The Morgan fingerprint density at radius 3 is 2.74 bits per heavy atom. The van der Waals surface area contributed by atoms with Crippen molar-refractivity contribution < 1.29 is 19.4 Å². The number of rotatable bonds is 3. The third kappa shape index (κ3) is 4.45. The molecule has 0 saturated carbocycles. The van der Waals surface area contributed by atoms with E-state index < -0.39 is 11.8 Å². The number of nitrogens with zero attached hydrogens (tertiary/aromatic N) is 2. The lowest BCUT2D eigenvalue weighted by Gasteiger charge is -2.29. The number of hydrazone groups is 1. The number of methoxy groups -OCH3 is 1. The molecule has 124 valence electrons. The van der Waals surface area contributed by atoms with Crippen LogP contribution in [0.2, 0.25) is 0 Å². The zero-order chi connectivity index (χ0) is 16.8. The predicted octanol–water partition coefficient (Wildman–Crippen LogP) is 1.11. The van der Waals surface area contributed by atoms with Gasteiger partial charge < -0.3 is 14.7 Å². The van der Waals surface area contributed by atoms with Gasteiger partial charge in [-0.2, -0.15) is 5.10 Å². The summed E-state index contributed by atoms with van der Waals surface area (Å²) in [6.07, 6.45) is 3.20. The lowest BCUT2D eigenvalue weighted by molar-refractivity contribution is -0.146. The van der Waals surface area contributed by atoms with Gasteiger partial charge in [-0.1, -0.05) is 6.92 Å². The largest absolute Gasteiger partial charge is 0.504 e. The summed E-state index contributed by atoms with van der Waals surface area (Å²) in [5.41, 5.74) is 2.85. The molecule has 1 fully saturated rings. The molecule has 0 unspecified atom stereocenters. The van der Waals surface area contributed by atoms with E-state index in [0.717, 1.165) is 12.8 Å². The number of piperidine rings is 1. The van der Waals surface area contributed by atoms with Crippen LogP contribution in [0.1, 0.15) is 25.3 Å². The maximum absolute atomic E-state index is 12.0. The summed E-state index contributed by atoms with van der Waals surface area (Å²) < 4.78 is 4.98. The first-order valence-corrected chi connectivity index (χ1v) is 7.50. The van der Waals surface area contributed by atoms with Crippen molar-refractivity contribution in [2.24, 2.45) is 11.0 Å². The summed E-state index contributed by atoms with van der Waals surface area (Å²) in [5.74, 6) is -0.398. The Kier molecular flexibility index (Phi) is 5.56. The number of aromatic hydroxyl groups is 1. The molecular weight excluding hydrogens is 298 g/mol. The van der Waals surface area contributed by atoms with Crippen LogP contribution in [-0.2, 0) is 9.59 Å². The molecule has 1 heterocycles. The van der Waals surface area contributed by atoms with E-state index in [2.05, 4.69) is 17.5 Å². The van der Waals surface area contributed by atoms with E-state index in [1.807, 2.05) is 0 Å². The number of ether oxygens (including phenoxy) is 1. The monoisotopic (exact) mass is 319 g/mol. The third-order valence-corrected chi connectivity index (χ3v) is 3.85. The number of nitrogens with one attached hydrogen (secondary N) is 1. The van der Waals surface area contributed by atoms with E-state index in [1.165, 1.54) is 19.4 Å². The molecule has 1 aliphatic heterocycles. The van der Waals surface area contributed by atoms with Gasteiger partial charge in [-0.15, -0.1) is 0 Å². The van der Waals surface area contributed by atoms with Crippen molar-refractivity contribution >= 4 is 18.0 Å². The fourth-order valence-corrected chi connectivity index (χ4v) is 2.34. The fraction of sp³-hybridized carbons (Fsp3) is 0.438. The van der Waals surface area contributed by atoms with Gasteiger partial charge in [-0.3, -0.25) is 9.59 Å². The Hall–Kier alpha value is -2.57. The van der Waals surface area contributed by atoms with Crippen molar-refractivity contribution in [1.29, 1.82) is 0 Å². The zero-order valence-electron chi connectivity index (χ0n) is 13.3. The van der Waals surface area contributed by atoms with Gasteiger partial charge in [0.05, 0.1) is 13.3 Å².